The second-order valence-corrected chi connectivity index (χ2v) is 6.83. The third kappa shape index (κ3) is 2.80. The van der Waals surface area contributed by atoms with Crippen molar-refractivity contribution in [3.8, 4) is 11.4 Å². The van der Waals surface area contributed by atoms with Crippen LogP contribution >= 0.6 is 0 Å². The van der Waals surface area contributed by atoms with Crippen LogP contribution in [0.5, 0.6) is 0 Å². The Morgan fingerprint density at radius 1 is 1.12 bits per heavy atom. The van der Waals surface area contributed by atoms with E-state index in [4.69, 9.17) is 4.98 Å². The third-order valence-electron chi connectivity index (χ3n) is 4.73. The number of imidazole rings is 1. The van der Waals surface area contributed by atoms with Gasteiger partial charge in [0.15, 0.2) is 5.65 Å². The monoisotopic (exact) mass is 334 g/mol. The molecule has 0 N–H and O–H groups in total. The van der Waals surface area contributed by atoms with Gasteiger partial charge in [0, 0.05) is 36.5 Å². The fraction of sp³-hybridized carbons (Fsp3) is 0.350. The average Bonchev–Trinajstić information content (AvgIpc) is 3.28. The molecule has 2 aromatic heterocycles. The number of nitrogens with zero attached hydrogens (tertiary/aromatic N) is 4. The molecule has 1 amide bonds. The van der Waals surface area contributed by atoms with E-state index < -0.39 is 0 Å². The number of carbonyl (C=O) groups is 1. The summed E-state index contributed by atoms with van der Waals surface area (Å²) in [6, 6.07) is 11.9. The van der Waals surface area contributed by atoms with Crippen LogP contribution in [0, 0.1) is 0 Å². The largest absolute Gasteiger partial charge is 0.339 e. The van der Waals surface area contributed by atoms with Gasteiger partial charge in [-0.2, -0.15) is 0 Å². The van der Waals surface area contributed by atoms with Gasteiger partial charge < -0.3 is 9.47 Å². The number of hydrogen-bond acceptors (Lipinski definition) is 3. The number of aromatic nitrogens is 3. The van der Waals surface area contributed by atoms with Crippen molar-refractivity contribution < 1.29 is 4.79 Å². The maximum Gasteiger partial charge on any atom is 0.253 e. The van der Waals surface area contributed by atoms with E-state index in [0.29, 0.717) is 0 Å². The van der Waals surface area contributed by atoms with E-state index in [9.17, 15) is 4.79 Å². The zero-order chi connectivity index (χ0) is 17.4. The van der Waals surface area contributed by atoms with E-state index in [1.807, 2.05) is 41.3 Å². The molecule has 1 aliphatic heterocycles. The smallest absolute Gasteiger partial charge is 0.253 e. The Kier molecular flexibility index (Phi) is 3.99. The summed E-state index contributed by atoms with van der Waals surface area (Å²) in [7, 11) is 0. The first-order valence-corrected chi connectivity index (χ1v) is 8.88. The van der Waals surface area contributed by atoms with E-state index in [2.05, 4.69) is 23.4 Å². The molecule has 0 aliphatic carbocycles. The van der Waals surface area contributed by atoms with Crippen molar-refractivity contribution in [3.05, 3.63) is 48.2 Å². The molecule has 25 heavy (non-hydrogen) atoms. The van der Waals surface area contributed by atoms with E-state index in [1.165, 1.54) is 0 Å². The Hall–Kier alpha value is -2.69. The van der Waals surface area contributed by atoms with Gasteiger partial charge in [-0.15, -0.1) is 0 Å². The SMILES string of the molecule is CC(C)n1c(-c2cccc(C(=O)N3CCCC3)c2)nc2cccnc21. The summed E-state index contributed by atoms with van der Waals surface area (Å²) in [5, 5.41) is 0. The van der Waals surface area contributed by atoms with Crippen molar-refractivity contribution in [3.63, 3.8) is 0 Å². The van der Waals surface area contributed by atoms with Crippen molar-refractivity contribution in [1.29, 1.82) is 0 Å². The predicted molar refractivity (Wildman–Crippen MR) is 98.5 cm³/mol. The molecular weight excluding hydrogens is 312 g/mol. The minimum atomic E-state index is 0.115. The lowest BCUT2D eigenvalue weighted by Crippen LogP contribution is -2.27. The summed E-state index contributed by atoms with van der Waals surface area (Å²) in [5.74, 6) is 0.976. The fourth-order valence-electron chi connectivity index (χ4n) is 3.52. The van der Waals surface area contributed by atoms with Gasteiger partial charge in [-0.05, 0) is 51.0 Å². The van der Waals surface area contributed by atoms with Crippen molar-refractivity contribution in [2.75, 3.05) is 13.1 Å². The molecule has 1 fully saturated rings. The molecule has 3 heterocycles. The number of rotatable bonds is 3. The van der Waals surface area contributed by atoms with E-state index in [-0.39, 0.29) is 11.9 Å². The first kappa shape index (κ1) is 15.8. The van der Waals surface area contributed by atoms with Crippen LogP contribution in [0.25, 0.3) is 22.6 Å². The minimum Gasteiger partial charge on any atom is -0.339 e. The maximum atomic E-state index is 12.7. The lowest BCUT2D eigenvalue weighted by molar-refractivity contribution is 0.0793. The first-order valence-electron chi connectivity index (χ1n) is 8.88. The van der Waals surface area contributed by atoms with Crippen LogP contribution in [0.1, 0.15) is 43.1 Å². The number of amides is 1. The molecule has 0 radical (unpaired) electrons. The number of pyridine rings is 1. The number of carbonyl (C=O) groups excluding carboxylic acids is 1. The zero-order valence-corrected chi connectivity index (χ0v) is 14.6. The zero-order valence-electron chi connectivity index (χ0n) is 14.6. The number of benzene rings is 1. The molecule has 0 unspecified atom stereocenters. The Morgan fingerprint density at radius 2 is 1.92 bits per heavy atom. The maximum absolute atomic E-state index is 12.7. The summed E-state index contributed by atoms with van der Waals surface area (Å²) >= 11 is 0. The standard InChI is InChI=1S/C20H22N4O/c1-14(2)24-18(22-17-9-6-10-21-19(17)24)15-7-5-8-16(13-15)20(25)23-11-3-4-12-23/h5-10,13-14H,3-4,11-12H2,1-2H3. The molecule has 3 aromatic rings. The summed E-state index contributed by atoms with van der Waals surface area (Å²) in [4.78, 5) is 23.9. The molecular formula is C20H22N4O. The van der Waals surface area contributed by atoms with Gasteiger partial charge in [-0.3, -0.25) is 4.79 Å². The number of fused-ring (bicyclic) bond motifs is 1. The molecule has 5 heteroatoms. The minimum absolute atomic E-state index is 0.115. The molecule has 0 atom stereocenters. The lowest BCUT2D eigenvalue weighted by atomic mass is 10.1. The molecule has 4 rings (SSSR count). The lowest BCUT2D eigenvalue weighted by Gasteiger charge is -2.16. The van der Waals surface area contributed by atoms with Gasteiger partial charge in [0.05, 0.1) is 0 Å². The summed E-state index contributed by atoms with van der Waals surface area (Å²) in [5.41, 5.74) is 3.44. The van der Waals surface area contributed by atoms with Gasteiger partial charge in [0.2, 0.25) is 0 Å². The molecule has 1 aliphatic rings. The molecule has 0 spiro atoms. The summed E-state index contributed by atoms with van der Waals surface area (Å²) < 4.78 is 2.13. The van der Waals surface area contributed by atoms with E-state index in [1.54, 1.807) is 6.20 Å². The fourth-order valence-corrected chi connectivity index (χ4v) is 3.52. The predicted octanol–water partition coefficient (Wildman–Crippen LogP) is 3.92. The highest BCUT2D eigenvalue weighted by atomic mass is 16.2. The Balaban J connectivity index is 1.80. The van der Waals surface area contributed by atoms with Gasteiger partial charge >= 0.3 is 0 Å². The number of likely N-dealkylation sites (tertiary alicyclic amines) is 1. The van der Waals surface area contributed by atoms with Gasteiger partial charge in [0.25, 0.3) is 5.91 Å². The van der Waals surface area contributed by atoms with Crippen LogP contribution in [-0.4, -0.2) is 38.4 Å². The third-order valence-corrected chi connectivity index (χ3v) is 4.73. The van der Waals surface area contributed by atoms with Crippen LogP contribution in [-0.2, 0) is 0 Å². The average molecular weight is 334 g/mol. The van der Waals surface area contributed by atoms with Gasteiger partial charge in [0.1, 0.15) is 11.3 Å². The van der Waals surface area contributed by atoms with Crippen LogP contribution in [0.4, 0.5) is 0 Å². The second-order valence-electron chi connectivity index (χ2n) is 6.83. The van der Waals surface area contributed by atoms with Crippen molar-refractivity contribution in [2.24, 2.45) is 0 Å². The Bertz CT molecular complexity index is 922. The molecule has 0 saturated carbocycles. The van der Waals surface area contributed by atoms with Crippen LogP contribution in [0.3, 0.4) is 0 Å². The van der Waals surface area contributed by atoms with Crippen LogP contribution in [0.15, 0.2) is 42.6 Å². The van der Waals surface area contributed by atoms with Crippen LogP contribution in [0.2, 0.25) is 0 Å². The Morgan fingerprint density at radius 3 is 2.68 bits per heavy atom. The van der Waals surface area contributed by atoms with Crippen molar-refractivity contribution in [1.82, 2.24) is 19.4 Å². The van der Waals surface area contributed by atoms with E-state index in [0.717, 1.165) is 54.0 Å². The van der Waals surface area contributed by atoms with Crippen LogP contribution < -0.4 is 0 Å². The van der Waals surface area contributed by atoms with Gasteiger partial charge in [-0.1, -0.05) is 12.1 Å². The highest BCUT2D eigenvalue weighted by Crippen LogP contribution is 2.28. The van der Waals surface area contributed by atoms with Gasteiger partial charge in [-0.25, -0.2) is 9.97 Å². The summed E-state index contributed by atoms with van der Waals surface area (Å²) in [6.45, 7) is 5.96. The molecule has 1 saturated heterocycles. The highest BCUT2D eigenvalue weighted by molar-refractivity contribution is 5.95. The van der Waals surface area contributed by atoms with Crippen molar-refractivity contribution in [2.45, 2.75) is 32.7 Å². The van der Waals surface area contributed by atoms with Crippen molar-refractivity contribution >= 4 is 17.1 Å². The highest BCUT2D eigenvalue weighted by Gasteiger charge is 2.21. The topological polar surface area (TPSA) is 51.0 Å². The van der Waals surface area contributed by atoms with E-state index >= 15 is 0 Å². The first-order chi connectivity index (χ1) is 12.1. The quantitative estimate of drug-likeness (QED) is 0.729. The second kappa shape index (κ2) is 6.31. The summed E-state index contributed by atoms with van der Waals surface area (Å²) in [6.07, 6.45) is 3.99. The number of hydrogen-bond donors (Lipinski definition) is 0. The molecule has 1 aromatic carbocycles. The molecule has 128 valence electrons. The Labute approximate surface area is 147 Å². The molecule has 0 bridgehead atoms. The normalized spacial score (nSPS) is 14.6. The molecule has 5 nitrogen and oxygen atoms in total.